The van der Waals surface area contributed by atoms with Crippen molar-refractivity contribution in [2.24, 2.45) is 0 Å². The summed E-state index contributed by atoms with van der Waals surface area (Å²) in [5.41, 5.74) is -0.236. The van der Waals surface area contributed by atoms with E-state index in [1.54, 1.807) is 0 Å². The molecule has 2 unspecified atom stereocenters. The second-order valence-corrected chi connectivity index (χ2v) is 12.6. The summed E-state index contributed by atoms with van der Waals surface area (Å²) in [5.74, 6) is 0. The Balaban J connectivity index is 0.989. The summed E-state index contributed by atoms with van der Waals surface area (Å²) in [4.78, 5) is 0. The van der Waals surface area contributed by atoms with Gasteiger partial charge in [0.1, 0.15) is 18.2 Å². The molecule has 4 saturated carbocycles. The number of nitrogens with one attached hydrogen (secondary N) is 7. The number of hydrogen-bond acceptors (Lipinski definition) is 7. The fraction of sp³-hybridized carbons (Fsp3) is 1.00. The maximum Gasteiger partial charge on any atom is 0.139 e. The van der Waals surface area contributed by atoms with Crippen molar-refractivity contribution in [3.8, 4) is 0 Å². The van der Waals surface area contributed by atoms with Gasteiger partial charge >= 0.3 is 0 Å². The molecule has 5 fully saturated rings. The van der Waals surface area contributed by atoms with Gasteiger partial charge in [-0.25, -0.2) is 0 Å². The van der Waals surface area contributed by atoms with Crippen LogP contribution in [-0.4, -0.2) is 54.5 Å². The second-order valence-electron chi connectivity index (χ2n) is 12.2. The highest BCUT2D eigenvalue weighted by Gasteiger charge is 2.32. The van der Waals surface area contributed by atoms with Crippen molar-refractivity contribution >= 4 is 11.6 Å². The Labute approximate surface area is 218 Å². The molecule has 5 rings (SSSR count). The van der Waals surface area contributed by atoms with Crippen molar-refractivity contribution in [2.75, 3.05) is 0 Å². The third-order valence-electron chi connectivity index (χ3n) is 9.37. The zero-order valence-electron chi connectivity index (χ0n) is 21.8. The van der Waals surface area contributed by atoms with Crippen LogP contribution in [-0.2, 0) is 0 Å². The summed E-state index contributed by atoms with van der Waals surface area (Å²) in [6.45, 7) is 0. The second kappa shape index (κ2) is 13.7. The molecule has 2 atom stereocenters. The lowest BCUT2D eigenvalue weighted by Crippen LogP contribution is -2.75. The molecule has 5 aliphatic rings. The molecule has 0 amide bonds. The van der Waals surface area contributed by atoms with E-state index in [-0.39, 0.29) is 18.2 Å². The van der Waals surface area contributed by atoms with Gasteiger partial charge < -0.3 is 10.6 Å². The molecule has 0 aromatic carbocycles. The van der Waals surface area contributed by atoms with Crippen LogP contribution in [0.1, 0.15) is 116 Å². The van der Waals surface area contributed by atoms with Crippen molar-refractivity contribution in [2.45, 2.75) is 170 Å². The minimum Gasteiger partial charge on any atom is -0.311 e. The van der Waals surface area contributed by atoms with Crippen LogP contribution in [0.15, 0.2) is 0 Å². The van der Waals surface area contributed by atoms with Crippen LogP contribution in [0.25, 0.3) is 0 Å². The molecule has 0 aromatic rings. The summed E-state index contributed by atoms with van der Waals surface area (Å²) < 4.78 is 0. The fourth-order valence-corrected chi connectivity index (χ4v) is 7.58. The summed E-state index contributed by atoms with van der Waals surface area (Å²) in [7, 11) is 0. The Kier molecular flexibility index (Phi) is 10.4. The van der Waals surface area contributed by atoms with E-state index in [4.69, 9.17) is 11.6 Å². The molecule has 1 heterocycles. The molecule has 0 spiro atoms. The van der Waals surface area contributed by atoms with Crippen LogP contribution in [0.4, 0.5) is 0 Å². The Morgan fingerprint density at radius 1 is 0.371 bits per heavy atom. The Morgan fingerprint density at radius 3 is 1.06 bits per heavy atom. The SMILES string of the molecule is ClC1NC(NC2CCC(NC3CCCCC3)CC2)NC(NC2CCC(NC3CCCCC3)CC2)N1. The third kappa shape index (κ3) is 8.51. The van der Waals surface area contributed by atoms with E-state index < -0.39 is 0 Å². The van der Waals surface area contributed by atoms with Gasteiger partial charge in [-0.3, -0.25) is 26.6 Å². The van der Waals surface area contributed by atoms with E-state index in [2.05, 4.69) is 37.2 Å². The van der Waals surface area contributed by atoms with Crippen molar-refractivity contribution < 1.29 is 0 Å². The van der Waals surface area contributed by atoms with Crippen LogP contribution in [0.2, 0.25) is 0 Å². The first kappa shape index (κ1) is 26.6. The van der Waals surface area contributed by atoms with Crippen LogP contribution in [0.3, 0.4) is 0 Å². The first-order valence-electron chi connectivity index (χ1n) is 15.2. The lowest BCUT2D eigenvalue weighted by Gasteiger charge is -2.42. The van der Waals surface area contributed by atoms with Crippen molar-refractivity contribution in [1.29, 1.82) is 0 Å². The van der Waals surface area contributed by atoms with E-state index in [0.717, 1.165) is 12.1 Å². The fourth-order valence-electron chi connectivity index (χ4n) is 7.33. The van der Waals surface area contributed by atoms with Gasteiger partial charge in [0.05, 0.1) is 0 Å². The number of alkyl halides is 1. The highest BCUT2D eigenvalue weighted by Crippen LogP contribution is 2.25. The third-order valence-corrected chi connectivity index (χ3v) is 9.62. The quantitative estimate of drug-likeness (QED) is 0.199. The molecule has 4 aliphatic carbocycles. The maximum absolute atomic E-state index is 6.54. The van der Waals surface area contributed by atoms with Gasteiger partial charge in [0.2, 0.25) is 0 Å². The lowest BCUT2D eigenvalue weighted by molar-refractivity contribution is 0.140. The lowest BCUT2D eigenvalue weighted by atomic mass is 9.88. The summed E-state index contributed by atoms with van der Waals surface area (Å²) in [6.07, 6.45) is 24.2. The molecule has 202 valence electrons. The summed E-state index contributed by atoms with van der Waals surface area (Å²) >= 11 is 6.54. The number of rotatable bonds is 8. The molecular weight excluding hydrogens is 458 g/mol. The normalized spacial score (nSPS) is 40.5. The molecule has 8 heteroatoms. The van der Waals surface area contributed by atoms with E-state index >= 15 is 0 Å². The molecule has 0 bridgehead atoms. The molecule has 0 aromatic heterocycles. The van der Waals surface area contributed by atoms with Gasteiger partial charge in [0.15, 0.2) is 0 Å². The number of hydrogen-bond donors (Lipinski definition) is 7. The van der Waals surface area contributed by atoms with Crippen molar-refractivity contribution in [3.05, 3.63) is 0 Å². The van der Waals surface area contributed by atoms with Crippen LogP contribution in [0, 0.1) is 0 Å². The summed E-state index contributed by atoms with van der Waals surface area (Å²) in [6, 6.07) is 4.06. The zero-order valence-corrected chi connectivity index (χ0v) is 22.6. The van der Waals surface area contributed by atoms with Crippen LogP contribution >= 0.6 is 11.6 Å². The minimum atomic E-state index is -0.236. The molecule has 0 radical (unpaired) electrons. The van der Waals surface area contributed by atoms with Gasteiger partial charge in [-0.2, -0.15) is 0 Å². The molecule has 1 aliphatic heterocycles. The molecule has 7 N–H and O–H groups in total. The largest absolute Gasteiger partial charge is 0.311 e. The molecular formula is C27H52ClN7. The summed E-state index contributed by atoms with van der Waals surface area (Å²) in [5, 5.41) is 26.1. The average Bonchev–Trinajstić information content (AvgIpc) is 2.87. The highest BCUT2D eigenvalue weighted by atomic mass is 35.5. The Morgan fingerprint density at radius 2 is 0.686 bits per heavy atom. The van der Waals surface area contributed by atoms with E-state index in [1.165, 1.54) is 116 Å². The van der Waals surface area contributed by atoms with Crippen molar-refractivity contribution in [3.63, 3.8) is 0 Å². The maximum atomic E-state index is 6.54. The minimum absolute atomic E-state index is 0.0356. The van der Waals surface area contributed by atoms with E-state index in [1.807, 2.05) is 0 Å². The van der Waals surface area contributed by atoms with Gasteiger partial charge in [0, 0.05) is 36.3 Å². The smallest absolute Gasteiger partial charge is 0.139 e. The predicted octanol–water partition coefficient (Wildman–Crippen LogP) is 3.50. The van der Waals surface area contributed by atoms with Gasteiger partial charge in [0.25, 0.3) is 0 Å². The monoisotopic (exact) mass is 509 g/mol. The van der Waals surface area contributed by atoms with Crippen LogP contribution < -0.4 is 37.2 Å². The van der Waals surface area contributed by atoms with E-state index in [0.29, 0.717) is 24.2 Å². The number of halogens is 1. The van der Waals surface area contributed by atoms with E-state index in [9.17, 15) is 0 Å². The average molecular weight is 510 g/mol. The molecule has 1 saturated heterocycles. The first-order valence-corrected chi connectivity index (χ1v) is 15.6. The Bertz CT molecular complexity index is 546. The standard InChI is InChI=1S/C27H52ClN7/c28-25-33-26(31-23-15-11-21(12-16-23)29-19-7-3-1-4-8-19)35-27(34-25)32-24-17-13-22(14-18-24)30-20-9-5-2-6-10-20/h19-27,29-35H,1-18H2. The molecule has 35 heavy (non-hydrogen) atoms. The Hall–Kier alpha value is 0.01000. The first-order chi connectivity index (χ1) is 17.2. The predicted molar refractivity (Wildman–Crippen MR) is 145 cm³/mol. The topological polar surface area (TPSA) is 84.2 Å². The van der Waals surface area contributed by atoms with Crippen molar-refractivity contribution in [1.82, 2.24) is 37.2 Å². The van der Waals surface area contributed by atoms with Gasteiger partial charge in [-0.15, -0.1) is 0 Å². The van der Waals surface area contributed by atoms with Crippen LogP contribution in [0.5, 0.6) is 0 Å². The van der Waals surface area contributed by atoms with Gasteiger partial charge in [-0.05, 0) is 77.0 Å². The molecule has 7 nitrogen and oxygen atoms in total. The zero-order chi connectivity index (χ0) is 23.9. The van der Waals surface area contributed by atoms with Gasteiger partial charge in [-0.1, -0.05) is 50.1 Å². The highest BCUT2D eigenvalue weighted by molar-refractivity contribution is 6.20.